The lowest BCUT2D eigenvalue weighted by molar-refractivity contribution is -0.305. The van der Waals surface area contributed by atoms with Gasteiger partial charge in [0, 0.05) is 18.6 Å². The molecule has 0 spiro atoms. The largest absolute Gasteiger partial charge is 0.462 e. The van der Waals surface area contributed by atoms with Gasteiger partial charge in [-0.1, -0.05) is 0 Å². The second-order valence-corrected chi connectivity index (χ2v) is 6.30. The first-order chi connectivity index (χ1) is 11.3. The summed E-state index contributed by atoms with van der Waals surface area (Å²) in [6.45, 7) is 3.50. The first-order valence-electron chi connectivity index (χ1n) is 7.59. The Bertz CT molecular complexity index is 782. The zero-order valence-corrected chi connectivity index (χ0v) is 13.6. The SMILES string of the molecule is CO[C@@H]1[C@@H](O)[C@@H](O)[C@H](Oc2ccc3oc(=O)ccc3c2)OC1(C)C. The maximum Gasteiger partial charge on any atom is 0.336 e. The van der Waals surface area contributed by atoms with Gasteiger partial charge in [-0.3, -0.25) is 0 Å². The number of hydrogen-bond acceptors (Lipinski definition) is 7. The highest BCUT2D eigenvalue weighted by molar-refractivity contribution is 5.77. The molecular weight excluding hydrogens is 316 g/mol. The van der Waals surface area contributed by atoms with Crippen LogP contribution < -0.4 is 10.4 Å². The Balaban J connectivity index is 1.85. The molecule has 0 aliphatic carbocycles. The van der Waals surface area contributed by atoms with Crippen molar-refractivity contribution < 1.29 is 28.8 Å². The van der Waals surface area contributed by atoms with Crippen LogP contribution in [0, 0.1) is 0 Å². The molecule has 2 aromatic rings. The standard InChI is InChI=1S/C17H20O7/c1-17(2)15(21-3)13(19)14(20)16(24-17)22-10-5-6-11-9(8-10)4-7-12(18)23-11/h4-8,13-16,19-20H,1-3H3/t13-,14+,15+,16+/m0/s1. The molecule has 7 nitrogen and oxygen atoms in total. The third-order valence-electron chi connectivity index (χ3n) is 4.14. The second-order valence-electron chi connectivity index (χ2n) is 6.30. The van der Waals surface area contributed by atoms with Crippen molar-refractivity contribution in [3.05, 3.63) is 40.8 Å². The Kier molecular flexibility index (Phi) is 4.35. The third kappa shape index (κ3) is 3.03. The quantitative estimate of drug-likeness (QED) is 0.808. The number of benzene rings is 1. The minimum atomic E-state index is -1.27. The average molecular weight is 336 g/mol. The molecule has 1 saturated heterocycles. The van der Waals surface area contributed by atoms with Gasteiger partial charge in [0.05, 0.1) is 5.60 Å². The molecule has 0 unspecified atom stereocenters. The molecule has 130 valence electrons. The van der Waals surface area contributed by atoms with E-state index in [-0.39, 0.29) is 0 Å². The lowest BCUT2D eigenvalue weighted by Crippen LogP contribution is -2.63. The molecule has 7 heteroatoms. The van der Waals surface area contributed by atoms with Crippen LogP contribution in [0.2, 0.25) is 0 Å². The van der Waals surface area contributed by atoms with Crippen molar-refractivity contribution in [1.82, 2.24) is 0 Å². The van der Waals surface area contributed by atoms with E-state index in [0.717, 1.165) is 0 Å². The van der Waals surface area contributed by atoms with Gasteiger partial charge in [-0.25, -0.2) is 4.79 Å². The van der Waals surface area contributed by atoms with Crippen LogP contribution in [0.5, 0.6) is 5.75 Å². The van der Waals surface area contributed by atoms with Crippen molar-refractivity contribution in [1.29, 1.82) is 0 Å². The normalized spacial score (nSPS) is 29.5. The van der Waals surface area contributed by atoms with E-state index in [1.165, 1.54) is 13.2 Å². The molecule has 0 amide bonds. The lowest BCUT2D eigenvalue weighted by Gasteiger charge is -2.46. The highest BCUT2D eigenvalue weighted by atomic mass is 16.7. The van der Waals surface area contributed by atoms with Crippen molar-refractivity contribution in [2.75, 3.05) is 7.11 Å². The third-order valence-corrected chi connectivity index (χ3v) is 4.14. The molecule has 1 fully saturated rings. The topological polar surface area (TPSA) is 98.4 Å². The summed E-state index contributed by atoms with van der Waals surface area (Å²) in [5.74, 6) is 0.416. The Labute approximate surface area is 138 Å². The van der Waals surface area contributed by atoms with Crippen LogP contribution in [0.25, 0.3) is 11.0 Å². The summed E-state index contributed by atoms with van der Waals surface area (Å²) < 4.78 is 21.7. The van der Waals surface area contributed by atoms with E-state index in [1.54, 1.807) is 38.1 Å². The molecule has 1 aromatic heterocycles. The Morgan fingerprint density at radius 2 is 1.88 bits per heavy atom. The molecule has 24 heavy (non-hydrogen) atoms. The molecule has 1 aromatic carbocycles. The number of aliphatic hydroxyl groups excluding tert-OH is 2. The smallest absolute Gasteiger partial charge is 0.336 e. The van der Waals surface area contributed by atoms with Gasteiger partial charge in [0.2, 0.25) is 6.29 Å². The summed E-state index contributed by atoms with van der Waals surface area (Å²) in [4.78, 5) is 11.2. The summed E-state index contributed by atoms with van der Waals surface area (Å²) in [5.41, 5.74) is -0.848. The number of fused-ring (bicyclic) bond motifs is 1. The predicted molar refractivity (Wildman–Crippen MR) is 84.9 cm³/mol. The Morgan fingerprint density at radius 3 is 2.58 bits per heavy atom. The van der Waals surface area contributed by atoms with Gasteiger partial charge in [0.1, 0.15) is 29.6 Å². The van der Waals surface area contributed by atoms with Gasteiger partial charge in [-0.2, -0.15) is 0 Å². The van der Waals surface area contributed by atoms with Crippen LogP contribution in [0.15, 0.2) is 39.5 Å². The van der Waals surface area contributed by atoms with Crippen molar-refractivity contribution in [2.45, 2.75) is 44.1 Å². The van der Waals surface area contributed by atoms with Crippen LogP contribution in [0.1, 0.15) is 13.8 Å². The van der Waals surface area contributed by atoms with Crippen molar-refractivity contribution in [2.24, 2.45) is 0 Å². The highest BCUT2D eigenvalue weighted by Crippen LogP contribution is 2.33. The number of ether oxygens (including phenoxy) is 3. The predicted octanol–water partition coefficient (Wildman–Crippen LogP) is 1.04. The van der Waals surface area contributed by atoms with Crippen molar-refractivity contribution in [3.63, 3.8) is 0 Å². The van der Waals surface area contributed by atoms with E-state index in [1.807, 2.05) is 0 Å². The van der Waals surface area contributed by atoms with E-state index < -0.39 is 35.8 Å². The van der Waals surface area contributed by atoms with Gasteiger partial charge < -0.3 is 28.8 Å². The van der Waals surface area contributed by atoms with E-state index in [0.29, 0.717) is 16.7 Å². The minimum absolute atomic E-state index is 0.416. The zero-order chi connectivity index (χ0) is 17.5. The Morgan fingerprint density at radius 1 is 1.12 bits per heavy atom. The van der Waals surface area contributed by atoms with E-state index in [2.05, 4.69) is 0 Å². The maximum absolute atomic E-state index is 11.2. The maximum atomic E-state index is 11.2. The summed E-state index contributed by atoms with van der Waals surface area (Å²) in [7, 11) is 1.45. The van der Waals surface area contributed by atoms with Crippen molar-refractivity contribution >= 4 is 11.0 Å². The van der Waals surface area contributed by atoms with Crippen LogP contribution in [0.3, 0.4) is 0 Å². The molecule has 0 saturated carbocycles. The fourth-order valence-corrected chi connectivity index (χ4v) is 2.96. The molecule has 1 aliphatic heterocycles. The summed E-state index contributed by atoms with van der Waals surface area (Å²) >= 11 is 0. The fourth-order valence-electron chi connectivity index (χ4n) is 2.96. The number of aliphatic hydroxyl groups is 2. The van der Waals surface area contributed by atoms with Gasteiger partial charge >= 0.3 is 5.63 Å². The van der Waals surface area contributed by atoms with Crippen molar-refractivity contribution in [3.8, 4) is 5.75 Å². The summed E-state index contributed by atoms with van der Waals surface area (Å²) in [5, 5.41) is 21.2. The molecular formula is C17H20O7. The van der Waals surface area contributed by atoms with Crippen LogP contribution >= 0.6 is 0 Å². The minimum Gasteiger partial charge on any atom is -0.462 e. The molecule has 4 atom stereocenters. The average Bonchev–Trinajstić information content (AvgIpc) is 2.52. The molecule has 2 heterocycles. The molecule has 3 rings (SSSR count). The first kappa shape index (κ1) is 16.9. The van der Waals surface area contributed by atoms with Crippen LogP contribution in [-0.2, 0) is 9.47 Å². The second kappa shape index (κ2) is 6.18. The molecule has 1 aliphatic rings. The van der Waals surface area contributed by atoms with Gasteiger partial charge in [0.25, 0.3) is 0 Å². The lowest BCUT2D eigenvalue weighted by atomic mass is 9.89. The summed E-state index contributed by atoms with van der Waals surface area (Å²) in [6.07, 6.45) is -4.16. The van der Waals surface area contributed by atoms with E-state index in [4.69, 9.17) is 18.6 Å². The molecule has 2 N–H and O–H groups in total. The number of rotatable bonds is 3. The fraction of sp³-hybridized carbons (Fsp3) is 0.471. The number of hydrogen-bond donors (Lipinski definition) is 2. The molecule has 0 radical (unpaired) electrons. The van der Waals surface area contributed by atoms with Crippen LogP contribution in [-0.4, -0.2) is 47.5 Å². The van der Waals surface area contributed by atoms with Crippen LogP contribution in [0.4, 0.5) is 0 Å². The monoisotopic (exact) mass is 336 g/mol. The first-order valence-corrected chi connectivity index (χ1v) is 7.59. The van der Waals surface area contributed by atoms with E-state index >= 15 is 0 Å². The summed E-state index contributed by atoms with van der Waals surface area (Å²) in [6, 6.07) is 7.79. The zero-order valence-electron chi connectivity index (χ0n) is 13.6. The molecule has 0 bridgehead atoms. The van der Waals surface area contributed by atoms with Gasteiger partial charge in [0.15, 0.2) is 0 Å². The van der Waals surface area contributed by atoms with Gasteiger partial charge in [-0.15, -0.1) is 0 Å². The van der Waals surface area contributed by atoms with Gasteiger partial charge in [-0.05, 0) is 38.1 Å². The highest BCUT2D eigenvalue weighted by Gasteiger charge is 2.50. The number of methoxy groups -OCH3 is 1. The van der Waals surface area contributed by atoms with E-state index in [9.17, 15) is 15.0 Å². The Hall–Kier alpha value is -1.93.